The lowest BCUT2D eigenvalue weighted by Crippen LogP contribution is -2.49. The quantitative estimate of drug-likeness (QED) is 0.754. The van der Waals surface area contributed by atoms with E-state index in [9.17, 15) is 9.59 Å². The molecule has 2 aliphatic carbocycles. The molecule has 0 aromatic carbocycles. The van der Waals surface area contributed by atoms with Crippen molar-refractivity contribution in [2.45, 2.75) is 89.5 Å². The predicted molar refractivity (Wildman–Crippen MR) is 95.5 cm³/mol. The van der Waals surface area contributed by atoms with Crippen molar-refractivity contribution < 1.29 is 9.59 Å². The van der Waals surface area contributed by atoms with Gasteiger partial charge in [-0.1, -0.05) is 25.7 Å². The monoisotopic (exact) mass is 334 g/mol. The van der Waals surface area contributed by atoms with Gasteiger partial charge in [0.1, 0.15) is 0 Å². The molecule has 2 saturated carbocycles. The number of piperidine rings is 1. The molecule has 2 amide bonds. The molecule has 3 aliphatic rings. The zero-order chi connectivity index (χ0) is 16.8. The number of hydrogen-bond donors (Lipinski definition) is 1. The summed E-state index contributed by atoms with van der Waals surface area (Å²) in [6.07, 6.45) is 14.7. The summed E-state index contributed by atoms with van der Waals surface area (Å²) in [5.74, 6) is 1.85. The highest BCUT2D eigenvalue weighted by molar-refractivity contribution is 5.77. The van der Waals surface area contributed by atoms with E-state index in [-0.39, 0.29) is 5.91 Å². The van der Waals surface area contributed by atoms with Crippen molar-refractivity contribution in [2.24, 2.45) is 11.8 Å². The molecule has 2 unspecified atom stereocenters. The van der Waals surface area contributed by atoms with Gasteiger partial charge >= 0.3 is 0 Å². The van der Waals surface area contributed by atoms with Crippen LogP contribution in [-0.2, 0) is 9.59 Å². The Morgan fingerprint density at radius 3 is 2.46 bits per heavy atom. The van der Waals surface area contributed by atoms with Crippen molar-refractivity contribution in [1.29, 1.82) is 0 Å². The van der Waals surface area contributed by atoms with Crippen molar-refractivity contribution in [3.8, 4) is 0 Å². The summed E-state index contributed by atoms with van der Waals surface area (Å²) >= 11 is 0. The lowest BCUT2D eigenvalue weighted by molar-refractivity contribution is -0.137. The molecule has 1 saturated heterocycles. The molecule has 4 nitrogen and oxygen atoms in total. The summed E-state index contributed by atoms with van der Waals surface area (Å²) in [6, 6.07) is 0.511. The van der Waals surface area contributed by atoms with Crippen LogP contribution < -0.4 is 5.32 Å². The number of nitrogens with zero attached hydrogens (tertiary/aromatic N) is 1. The summed E-state index contributed by atoms with van der Waals surface area (Å²) in [5.41, 5.74) is 0. The van der Waals surface area contributed by atoms with Crippen LogP contribution in [0.15, 0.2) is 0 Å². The zero-order valence-corrected chi connectivity index (χ0v) is 15.1. The first kappa shape index (κ1) is 17.8. The van der Waals surface area contributed by atoms with Crippen molar-refractivity contribution in [1.82, 2.24) is 10.2 Å². The van der Waals surface area contributed by atoms with Crippen molar-refractivity contribution >= 4 is 11.8 Å². The molecule has 0 bridgehead atoms. The van der Waals surface area contributed by atoms with Crippen LogP contribution in [0.5, 0.6) is 0 Å². The number of nitrogens with one attached hydrogen (secondary N) is 1. The summed E-state index contributed by atoms with van der Waals surface area (Å²) in [5, 5.41) is 3.01. The lowest BCUT2D eigenvalue weighted by Gasteiger charge is -2.44. The van der Waals surface area contributed by atoms with Crippen molar-refractivity contribution in [3.05, 3.63) is 0 Å². The van der Waals surface area contributed by atoms with Gasteiger partial charge in [0.2, 0.25) is 11.8 Å². The molecule has 0 radical (unpaired) electrons. The fourth-order valence-electron chi connectivity index (χ4n) is 5.09. The van der Waals surface area contributed by atoms with Gasteiger partial charge in [0, 0.05) is 32.0 Å². The first-order chi connectivity index (χ1) is 11.7. The Morgan fingerprint density at radius 2 is 1.62 bits per heavy atom. The van der Waals surface area contributed by atoms with Gasteiger partial charge in [0.15, 0.2) is 0 Å². The fourth-order valence-corrected chi connectivity index (χ4v) is 5.09. The summed E-state index contributed by atoms with van der Waals surface area (Å²) in [6.45, 7) is 1.60. The number of rotatable bonds is 6. The molecule has 1 aliphatic heterocycles. The van der Waals surface area contributed by atoms with E-state index in [4.69, 9.17) is 0 Å². The first-order valence-corrected chi connectivity index (χ1v) is 10.3. The minimum atomic E-state index is 0.180. The Kier molecular flexibility index (Phi) is 6.56. The Morgan fingerprint density at radius 1 is 0.917 bits per heavy atom. The number of likely N-dealkylation sites (tertiary alicyclic amines) is 1. The molecule has 1 N–H and O–H groups in total. The smallest absolute Gasteiger partial charge is 0.222 e. The van der Waals surface area contributed by atoms with E-state index < -0.39 is 0 Å². The summed E-state index contributed by atoms with van der Waals surface area (Å²) in [4.78, 5) is 26.7. The Labute approximate surface area is 146 Å². The second kappa shape index (κ2) is 8.87. The van der Waals surface area contributed by atoms with Crippen LogP contribution in [0.2, 0.25) is 0 Å². The van der Waals surface area contributed by atoms with Gasteiger partial charge in [-0.3, -0.25) is 9.59 Å². The molecular formula is C20H34N2O2. The third-order valence-corrected chi connectivity index (χ3v) is 6.40. The van der Waals surface area contributed by atoms with Crippen LogP contribution in [0.3, 0.4) is 0 Å². The van der Waals surface area contributed by atoms with Gasteiger partial charge in [0.25, 0.3) is 0 Å². The average molecular weight is 335 g/mol. The Bertz CT molecular complexity index is 429. The molecule has 0 spiro atoms. The fraction of sp³-hybridized carbons (Fsp3) is 0.900. The highest BCUT2D eigenvalue weighted by Gasteiger charge is 2.35. The largest absolute Gasteiger partial charge is 0.356 e. The first-order valence-electron chi connectivity index (χ1n) is 10.3. The highest BCUT2D eigenvalue weighted by atomic mass is 16.2. The van der Waals surface area contributed by atoms with E-state index in [1.54, 1.807) is 0 Å². The van der Waals surface area contributed by atoms with Crippen molar-refractivity contribution in [3.63, 3.8) is 0 Å². The van der Waals surface area contributed by atoms with Crippen LogP contribution in [0.1, 0.15) is 83.5 Å². The maximum atomic E-state index is 12.6. The van der Waals surface area contributed by atoms with Crippen LogP contribution in [0.4, 0.5) is 0 Å². The van der Waals surface area contributed by atoms with Gasteiger partial charge in [-0.2, -0.15) is 0 Å². The molecular weight excluding hydrogens is 300 g/mol. The third-order valence-electron chi connectivity index (χ3n) is 6.40. The van der Waals surface area contributed by atoms with Gasteiger partial charge in [-0.15, -0.1) is 0 Å². The molecule has 4 heteroatoms. The van der Waals surface area contributed by atoms with E-state index in [1.165, 1.54) is 64.2 Å². The summed E-state index contributed by atoms with van der Waals surface area (Å²) in [7, 11) is 0. The summed E-state index contributed by atoms with van der Waals surface area (Å²) < 4.78 is 0. The molecule has 0 aromatic heterocycles. The second-order valence-electron chi connectivity index (χ2n) is 8.15. The number of hydrogen-bond acceptors (Lipinski definition) is 2. The average Bonchev–Trinajstić information content (AvgIpc) is 3.11. The molecule has 1 heterocycles. The van der Waals surface area contributed by atoms with Crippen LogP contribution in [-0.4, -0.2) is 35.8 Å². The van der Waals surface area contributed by atoms with E-state index >= 15 is 0 Å². The van der Waals surface area contributed by atoms with Gasteiger partial charge in [0.05, 0.1) is 0 Å². The lowest BCUT2D eigenvalue weighted by atomic mass is 9.78. The number of carbonyl (C=O) groups excluding carboxylic acids is 2. The Hall–Kier alpha value is -1.06. The second-order valence-corrected chi connectivity index (χ2v) is 8.15. The highest BCUT2D eigenvalue weighted by Crippen LogP contribution is 2.35. The van der Waals surface area contributed by atoms with Gasteiger partial charge < -0.3 is 10.2 Å². The van der Waals surface area contributed by atoms with Crippen LogP contribution >= 0.6 is 0 Å². The predicted octanol–water partition coefficient (Wildman–Crippen LogP) is 3.64. The molecule has 3 fully saturated rings. The molecule has 0 aromatic rings. The minimum absolute atomic E-state index is 0.180. The maximum Gasteiger partial charge on any atom is 0.222 e. The molecule has 3 rings (SSSR count). The van der Waals surface area contributed by atoms with Crippen LogP contribution in [0.25, 0.3) is 0 Å². The number of amides is 2. The minimum Gasteiger partial charge on any atom is -0.356 e. The van der Waals surface area contributed by atoms with Gasteiger partial charge in [-0.05, 0) is 56.8 Å². The van der Waals surface area contributed by atoms with E-state index in [0.717, 1.165) is 18.9 Å². The molecule has 2 atom stereocenters. The van der Waals surface area contributed by atoms with Crippen LogP contribution in [0, 0.1) is 11.8 Å². The standard InChI is InChI=1S/C20H34N2O2/c23-19(15-16-7-1-2-8-16)21-13-5-12-20(24)22-14-6-10-17-9-3-4-11-18(17)22/h16-18H,1-15H2,(H,21,23). The van der Waals surface area contributed by atoms with E-state index in [0.29, 0.717) is 37.3 Å². The number of fused-ring (bicyclic) bond motifs is 1. The normalized spacial score (nSPS) is 27.8. The van der Waals surface area contributed by atoms with E-state index in [1.807, 2.05) is 0 Å². The number of carbonyl (C=O) groups is 2. The zero-order valence-electron chi connectivity index (χ0n) is 15.1. The SMILES string of the molecule is O=C(CC1CCCC1)NCCCC(=O)N1CCCC2CCCCC21. The van der Waals surface area contributed by atoms with Gasteiger partial charge in [-0.25, -0.2) is 0 Å². The topological polar surface area (TPSA) is 49.4 Å². The van der Waals surface area contributed by atoms with E-state index in [2.05, 4.69) is 10.2 Å². The van der Waals surface area contributed by atoms with Crippen molar-refractivity contribution in [2.75, 3.05) is 13.1 Å². The third kappa shape index (κ3) is 4.73. The molecule has 24 heavy (non-hydrogen) atoms. The molecule has 136 valence electrons. The maximum absolute atomic E-state index is 12.6. The Balaban J connectivity index is 1.33.